The van der Waals surface area contributed by atoms with Gasteiger partial charge >= 0.3 is 0 Å². The number of hydrogen-bond acceptors (Lipinski definition) is 6. The number of aryl methyl sites for hydroxylation is 1. The third-order valence-corrected chi connectivity index (χ3v) is 5.34. The Morgan fingerprint density at radius 3 is 2.57 bits per heavy atom. The van der Waals surface area contributed by atoms with Gasteiger partial charge in [-0.3, -0.25) is 4.79 Å². The molecule has 3 aromatic rings. The number of aromatic hydroxyl groups is 1. The van der Waals surface area contributed by atoms with Crippen molar-refractivity contribution in [3.8, 4) is 22.1 Å². The molecule has 0 unspecified atom stereocenters. The molecule has 0 aliphatic heterocycles. The molecule has 1 amide bonds. The van der Waals surface area contributed by atoms with E-state index in [1.807, 2.05) is 6.92 Å². The van der Waals surface area contributed by atoms with E-state index >= 15 is 0 Å². The van der Waals surface area contributed by atoms with Crippen LogP contribution in [0.5, 0.6) is 11.5 Å². The number of nitrogens with one attached hydrogen (secondary N) is 1. The maximum atomic E-state index is 12.0. The Balaban J connectivity index is 1.62. The Kier molecular flexibility index (Phi) is 6.28. The van der Waals surface area contributed by atoms with Gasteiger partial charge in [0.05, 0.1) is 16.3 Å². The Hall–Kier alpha value is -2.90. The van der Waals surface area contributed by atoms with Crippen molar-refractivity contribution in [2.45, 2.75) is 13.8 Å². The second-order valence-corrected chi connectivity index (χ2v) is 7.39. The van der Waals surface area contributed by atoms with Crippen LogP contribution in [0.1, 0.15) is 17.5 Å². The second kappa shape index (κ2) is 8.86. The first-order chi connectivity index (χ1) is 13.4. The smallest absolute Gasteiger partial charge is 0.277 e. The van der Waals surface area contributed by atoms with Gasteiger partial charge in [-0.15, -0.1) is 11.3 Å². The predicted molar refractivity (Wildman–Crippen MR) is 111 cm³/mol. The zero-order valence-corrected chi connectivity index (χ0v) is 16.8. The van der Waals surface area contributed by atoms with Crippen molar-refractivity contribution in [3.63, 3.8) is 0 Å². The van der Waals surface area contributed by atoms with Crippen molar-refractivity contribution in [2.24, 2.45) is 5.10 Å². The van der Waals surface area contributed by atoms with Crippen LogP contribution in [-0.4, -0.2) is 28.3 Å². The van der Waals surface area contributed by atoms with E-state index in [0.29, 0.717) is 16.5 Å². The highest BCUT2D eigenvalue weighted by molar-refractivity contribution is 7.17. The van der Waals surface area contributed by atoms with Crippen LogP contribution in [0.4, 0.5) is 0 Å². The Morgan fingerprint density at radius 1 is 1.21 bits per heavy atom. The number of nitrogens with zero attached hydrogens (tertiary/aromatic N) is 2. The summed E-state index contributed by atoms with van der Waals surface area (Å²) in [5, 5.41) is 15.0. The summed E-state index contributed by atoms with van der Waals surface area (Å²) in [6.07, 6.45) is 0. The van der Waals surface area contributed by atoms with E-state index in [9.17, 15) is 9.90 Å². The Morgan fingerprint density at radius 2 is 1.89 bits per heavy atom. The minimum absolute atomic E-state index is 0.154. The SMILES string of the molecule is C/C(=N\NC(=O)COc1ccc(Cl)cc1)c1sc(-c2ccc(O)cc2)nc1C. The average molecular weight is 416 g/mol. The third-order valence-electron chi connectivity index (χ3n) is 3.77. The van der Waals surface area contributed by atoms with Crippen LogP contribution >= 0.6 is 22.9 Å². The lowest BCUT2D eigenvalue weighted by Gasteiger charge is -2.05. The van der Waals surface area contributed by atoms with Crippen LogP contribution in [0.25, 0.3) is 10.6 Å². The summed E-state index contributed by atoms with van der Waals surface area (Å²) in [5.74, 6) is 0.394. The van der Waals surface area contributed by atoms with Crippen molar-refractivity contribution < 1.29 is 14.6 Å². The minimum Gasteiger partial charge on any atom is -0.508 e. The molecular weight excluding hydrogens is 398 g/mol. The van der Waals surface area contributed by atoms with Gasteiger partial charge in [-0.2, -0.15) is 5.10 Å². The number of rotatable bonds is 6. The number of halogens is 1. The van der Waals surface area contributed by atoms with Gasteiger partial charge in [0.2, 0.25) is 0 Å². The maximum absolute atomic E-state index is 12.0. The number of carbonyl (C=O) groups excluding carboxylic acids is 1. The van der Waals surface area contributed by atoms with Crippen LogP contribution < -0.4 is 10.2 Å². The van der Waals surface area contributed by atoms with Crippen molar-refractivity contribution in [1.29, 1.82) is 0 Å². The van der Waals surface area contributed by atoms with Crippen molar-refractivity contribution >= 4 is 34.6 Å². The fourth-order valence-electron chi connectivity index (χ4n) is 2.37. The van der Waals surface area contributed by atoms with Crippen LogP contribution in [0, 0.1) is 6.92 Å². The number of hydrogen-bond donors (Lipinski definition) is 2. The van der Waals surface area contributed by atoms with Crippen LogP contribution in [0.2, 0.25) is 5.02 Å². The molecule has 0 fully saturated rings. The molecule has 1 aromatic heterocycles. The number of thiazole rings is 1. The van der Waals surface area contributed by atoms with Gasteiger partial charge in [-0.25, -0.2) is 10.4 Å². The highest BCUT2D eigenvalue weighted by atomic mass is 35.5. The first kappa shape index (κ1) is 19.9. The van der Waals surface area contributed by atoms with Gasteiger partial charge in [0, 0.05) is 10.6 Å². The molecule has 0 saturated carbocycles. The van der Waals surface area contributed by atoms with E-state index in [2.05, 4.69) is 15.5 Å². The molecular formula is C20H18ClN3O3S. The number of ether oxygens (including phenoxy) is 1. The number of carbonyl (C=O) groups is 1. The van der Waals surface area contributed by atoms with E-state index in [1.54, 1.807) is 55.5 Å². The monoisotopic (exact) mass is 415 g/mol. The second-order valence-electron chi connectivity index (χ2n) is 5.96. The van der Waals surface area contributed by atoms with Crippen molar-refractivity contribution in [2.75, 3.05) is 6.61 Å². The lowest BCUT2D eigenvalue weighted by Crippen LogP contribution is -2.25. The van der Waals surface area contributed by atoms with Gasteiger partial charge in [-0.1, -0.05) is 11.6 Å². The molecule has 0 atom stereocenters. The standard InChI is InChI=1S/C20H18ClN3O3S/c1-12-19(28-20(22-12)14-3-7-16(25)8-4-14)13(2)23-24-18(26)11-27-17-9-5-15(21)6-10-17/h3-10,25H,11H2,1-2H3,(H,24,26)/b23-13+. The number of hydrazone groups is 1. The lowest BCUT2D eigenvalue weighted by molar-refractivity contribution is -0.123. The maximum Gasteiger partial charge on any atom is 0.277 e. The third kappa shape index (κ3) is 5.09. The quantitative estimate of drug-likeness (QED) is 0.461. The normalized spacial score (nSPS) is 11.3. The van der Waals surface area contributed by atoms with Crippen LogP contribution in [0.15, 0.2) is 53.6 Å². The Labute approximate surface area is 171 Å². The summed E-state index contributed by atoms with van der Waals surface area (Å²) in [6, 6.07) is 13.6. The molecule has 3 rings (SSSR count). The zero-order chi connectivity index (χ0) is 20.1. The minimum atomic E-state index is -0.366. The number of amides is 1. The molecule has 2 N–H and O–H groups in total. The molecule has 28 heavy (non-hydrogen) atoms. The molecule has 144 valence electrons. The Bertz CT molecular complexity index is 999. The van der Waals surface area contributed by atoms with Crippen LogP contribution in [-0.2, 0) is 4.79 Å². The first-order valence-corrected chi connectivity index (χ1v) is 9.60. The molecule has 1 heterocycles. The van der Waals surface area contributed by atoms with Gasteiger partial charge in [0.25, 0.3) is 5.91 Å². The highest BCUT2D eigenvalue weighted by Crippen LogP contribution is 2.29. The molecule has 2 aromatic carbocycles. The average Bonchev–Trinajstić information content (AvgIpc) is 3.08. The lowest BCUT2D eigenvalue weighted by atomic mass is 10.2. The summed E-state index contributed by atoms with van der Waals surface area (Å²) >= 11 is 7.28. The van der Waals surface area contributed by atoms with E-state index in [4.69, 9.17) is 16.3 Å². The number of aromatic nitrogens is 1. The molecule has 0 saturated heterocycles. The number of phenols is 1. The molecule has 0 spiro atoms. The summed E-state index contributed by atoms with van der Waals surface area (Å²) in [5.41, 5.74) is 4.87. The summed E-state index contributed by atoms with van der Waals surface area (Å²) in [4.78, 5) is 17.4. The van der Waals surface area contributed by atoms with Crippen molar-refractivity contribution in [1.82, 2.24) is 10.4 Å². The van der Waals surface area contributed by atoms with Crippen LogP contribution in [0.3, 0.4) is 0 Å². The zero-order valence-electron chi connectivity index (χ0n) is 15.3. The summed E-state index contributed by atoms with van der Waals surface area (Å²) in [7, 11) is 0. The number of phenolic OH excluding ortho intramolecular Hbond substituents is 1. The molecule has 6 nitrogen and oxygen atoms in total. The summed E-state index contributed by atoms with van der Waals surface area (Å²) < 4.78 is 5.39. The summed E-state index contributed by atoms with van der Waals surface area (Å²) in [6.45, 7) is 3.54. The van der Waals surface area contributed by atoms with E-state index in [1.165, 1.54) is 11.3 Å². The number of benzene rings is 2. The van der Waals surface area contributed by atoms with E-state index in [-0.39, 0.29) is 18.3 Å². The fourth-order valence-corrected chi connectivity index (χ4v) is 3.51. The fraction of sp³-hybridized carbons (Fsp3) is 0.150. The molecule has 0 bridgehead atoms. The van der Waals surface area contributed by atoms with Gasteiger partial charge < -0.3 is 9.84 Å². The predicted octanol–water partition coefficient (Wildman–Crippen LogP) is 4.40. The molecule has 0 radical (unpaired) electrons. The van der Waals surface area contributed by atoms with E-state index < -0.39 is 0 Å². The first-order valence-electron chi connectivity index (χ1n) is 8.41. The molecule has 0 aliphatic rings. The topological polar surface area (TPSA) is 83.8 Å². The molecule has 8 heteroatoms. The van der Waals surface area contributed by atoms with E-state index in [0.717, 1.165) is 21.1 Å². The van der Waals surface area contributed by atoms with Gasteiger partial charge in [-0.05, 0) is 62.4 Å². The van der Waals surface area contributed by atoms with Crippen molar-refractivity contribution in [3.05, 3.63) is 64.1 Å². The van der Waals surface area contributed by atoms with Gasteiger partial charge in [0.1, 0.15) is 16.5 Å². The largest absolute Gasteiger partial charge is 0.508 e. The molecule has 0 aliphatic carbocycles. The van der Waals surface area contributed by atoms with Gasteiger partial charge in [0.15, 0.2) is 6.61 Å². The highest BCUT2D eigenvalue weighted by Gasteiger charge is 2.12.